The zero-order valence-corrected chi connectivity index (χ0v) is 13.6. The molecular formula is C14H16Cl2N2O4. The maximum absolute atomic E-state index is 11.9. The summed E-state index contributed by atoms with van der Waals surface area (Å²) in [5.74, 6) is -1.75. The summed E-state index contributed by atoms with van der Waals surface area (Å²) < 4.78 is 5.11. The van der Waals surface area contributed by atoms with Gasteiger partial charge in [0, 0.05) is 10.0 Å². The van der Waals surface area contributed by atoms with Crippen LogP contribution in [-0.2, 0) is 20.7 Å². The van der Waals surface area contributed by atoms with Gasteiger partial charge in [-0.2, -0.15) is 0 Å². The van der Waals surface area contributed by atoms with Gasteiger partial charge in [-0.25, -0.2) is 4.79 Å². The molecule has 0 bridgehead atoms. The highest BCUT2D eigenvalue weighted by Gasteiger charge is 2.27. The molecule has 0 saturated heterocycles. The molecule has 0 fully saturated rings. The van der Waals surface area contributed by atoms with Gasteiger partial charge in [0.2, 0.25) is 0 Å². The number of nitrogens with two attached hydrogens (primary N) is 1. The zero-order chi connectivity index (χ0) is 16.9. The van der Waals surface area contributed by atoms with E-state index in [2.05, 4.69) is 0 Å². The Balaban J connectivity index is 2.75. The molecule has 0 radical (unpaired) electrons. The molecule has 0 saturated carbocycles. The van der Waals surface area contributed by atoms with Gasteiger partial charge in [0.25, 0.3) is 5.91 Å². The Morgan fingerprint density at radius 2 is 1.91 bits per heavy atom. The molecule has 0 aliphatic carbocycles. The summed E-state index contributed by atoms with van der Waals surface area (Å²) in [4.78, 5) is 34.4. The summed E-state index contributed by atoms with van der Waals surface area (Å²) >= 11 is 11.7. The maximum atomic E-state index is 11.9. The molecule has 0 heterocycles. The number of nitrogens with one attached hydrogen (secondary N) is 1. The first kappa shape index (κ1) is 18.3. The third-order valence-corrected chi connectivity index (χ3v) is 3.31. The van der Waals surface area contributed by atoms with Crippen molar-refractivity contribution in [2.75, 3.05) is 0 Å². The van der Waals surface area contributed by atoms with Gasteiger partial charge in [0.1, 0.15) is 0 Å². The fourth-order valence-corrected chi connectivity index (χ4v) is 2.16. The zero-order valence-electron chi connectivity index (χ0n) is 12.1. The van der Waals surface area contributed by atoms with Crippen LogP contribution in [-0.4, -0.2) is 24.0 Å². The number of urea groups is 1. The minimum absolute atomic E-state index is 0.122. The predicted molar refractivity (Wildman–Crippen MR) is 82.6 cm³/mol. The van der Waals surface area contributed by atoms with Crippen molar-refractivity contribution in [1.82, 2.24) is 5.32 Å². The lowest BCUT2D eigenvalue weighted by molar-refractivity contribution is -0.157. The van der Waals surface area contributed by atoms with Crippen molar-refractivity contribution in [3.63, 3.8) is 0 Å². The molecule has 1 atom stereocenters. The van der Waals surface area contributed by atoms with E-state index in [4.69, 9.17) is 33.7 Å². The van der Waals surface area contributed by atoms with Crippen molar-refractivity contribution in [2.45, 2.75) is 26.4 Å². The number of primary amides is 1. The van der Waals surface area contributed by atoms with Crippen LogP contribution in [0.5, 0.6) is 0 Å². The highest BCUT2D eigenvalue weighted by Crippen LogP contribution is 2.22. The molecule has 0 unspecified atom stereocenters. The Bertz CT molecular complexity index is 590. The molecule has 0 aliphatic rings. The Kier molecular flexibility index (Phi) is 6.64. The SMILES string of the molecule is CC(C)[C@@H](OC(=O)Cc1ccc(Cl)cc1Cl)C(=O)NC(N)=O. The average Bonchev–Trinajstić information content (AvgIpc) is 2.38. The number of carbonyl (C=O) groups excluding carboxylic acids is 3. The number of esters is 1. The lowest BCUT2D eigenvalue weighted by Crippen LogP contribution is -2.45. The monoisotopic (exact) mass is 346 g/mol. The van der Waals surface area contributed by atoms with Gasteiger partial charge in [0.05, 0.1) is 6.42 Å². The Labute approximate surface area is 137 Å². The summed E-state index contributed by atoms with van der Waals surface area (Å²) in [6.07, 6.45) is -1.24. The summed E-state index contributed by atoms with van der Waals surface area (Å²) in [6.45, 7) is 3.35. The number of benzene rings is 1. The van der Waals surface area contributed by atoms with E-state index in [1.807, 2.05) is 5.32 Å². The van der Waals surface area contributed by atoms with Crippen LogP contribution in [0.2, 0.25) is 10.0 Å². The van der Waals surface area contributed by atoms with Gasteiger partial charge in [-0.3, -0.25) is 14.9 Å². The lowest BCUT2D eigenvalue weighted by atomic mass is 10.1. The van der Waals surface area contributed by atoms with E-state index >= 15 is 0 Å². The standard InChI is InChI=1S/C14H16Cl2N2O4/c1-7(2)12(13(20)18-14(17)21)22-11(19)5-8-3-4-9(15)6-10(8)16/h3-4,6-7,12H,5H2,1-2H3,(H3,17,18,20,21)/t12-/m1/s1. The van der Waals surface area contributed by atoms with Crippen LogP contribution in [0.1, 0.15) is 19.4 Å². The van der Waals surface area contributed by atoms with E-state index in [1.165, 1.54) is 6.07 Å². The van der Waals surface area contributed by atoms with E-state index in [1.54, 1.807) is 26.0 Å². The number of carbonyl (C=O) groups is 3. The van der Waals surface area contributed by atoms with Crippen molar-refractivity contribution in [2.24, 2.45) is 11.7 Å². The predicted octanol–water partition coefficient (Wildman–Crippen LogP) is 2.30. The summed E-state index contributed by atoms with van der Waals surface area (Å²) in [5, 5.41) is 2.66. The number of amides is 3. The molecule has 1 aromatic carbocycles. The van der Waals surface area contributed by atoms with Gasteiger partial charge in [-0.15, -0.1) is 0 Å². The average molecular weight is 347 g/mol. The van der Waals surface area contributed by atoms with E-state index in [0.717, 1.165) is 0 Å². The Morgan fingerprint density at radius 3 is 2.41 bits per heavy atom. The number of hydrogen-bond acceptors (Lipinski definition) is 4. The van der Waals surface area contributed by atoms with Crippen LogP contribution >= 0.6 is 23.2 Å². The van der Waals surface area contributed by atoms with Crippen LogP contribution in [0.3, 0.4) is 0 Å². The van der Waals surface area contributed by atoms with Crippen LogP contribution in [0, 0.1) is 5.92 Å². The van der Waals surface area contributed by atoms with E-state index in [-0.39, 0.29) is 12.3 Å². The molecule has 0 aromatic heterocycles. The first-order chi connectivity index (χ1) is 10.2. The number of ether oxygens (including phenoxy) is 1. The first-order valence-electron chi connectivity index (χ1n) is 6.44. The van der Waals surface area contributed by atoms with Crippen LogP contribution in [0.25, 0.3) is 0 Å². The Morgan fingerprint density at radius 1 is 1.27 bits per heavy atom. The highest BCUT2D eigenvalue weighted by molar-refractivity contribution is 6.35. The molecular weight excluding hydrogens is 331 g/mol. The first-order valence-corrected chi connectivity index (χ1v) is 7.20. The topological polar surface area (TPSA) is 98.5 Å². The van der Waals surface area contributed by atoms with Gasteiger partial charge in [-0.05, 0) is 23.6 Å². The third-order valence-electron chi connectivity index (χ3n) is 2.72. The lowest BCUT2D eigenvalue weighted by Gasteiger charge is -2.20. The van der Waals surface area contributed by atoms with Crippen molar-refractivity contribution < 1.29 is 19.1 Å². The molecule has 6 nitrogen and oxygen atoms in total. The van der Waals surface area contributed by atoms with E-state index in [0.29, 0.717) is 15.6 Å². The molecule has 22 heavy (non-hydrogen) atoms. The summed E-state index contributed by atoms with van der Waals surface area (Å²) in [6, 6.07) is 3.69. The Hall–Kier alpha value is -1.79. The molecule has 3 N–H and O–H groups in total. The quantitative estimate of drug-likeness (QED) is 0.799. The minimum Gasteiger partial charge on any atom is -0.452 e. The molecule has 3 amide bonds. The third kappa shape index (κ3) is 5.54. The van der Waals surface area contributed by atoms with Gasteiger partial charge < -0.3 is 10.5 Å². The van der Waals surface area contributed by atoms with Crippen LogP contribution in [0.15, 0.2) is 18.2 Å². The normalized spacial score (nSPS) is 11.9. The maximum Gasteiger partial charge on any atom is 0.318 e. The van der Waals surface area contributed by atoms with Crippen LogP contribution < -0.4 is 11.1 Å². The number of imide groups is 1. The van der Waals surface area contributed by atoms with Gasteiger partial charge in [0.15, 0.2) is 6.10 Å². The molecule has 1 rings (SSSR count). The largest absolute Gasteiger partial charge is 0.452 e. The summed E-state index contributed by atoms with van der Waals surface area (Å²) in [7, 11) is 0. The van der Waals surface area contributed by atoms with E-state index < -0.39 is 24.0 Å². The van der Waals surface area contributed by atoms with Crippen LogP contribution in [0.4, 0.5) is 4.79 Å². The second kappa shape index (κ2) is 8.00. The minimum atomic E-state index is -1.12. The van der Waals surface area contributed by atoms with E-state index in [9.17, 15) is 14.4 Å². The fourth-order valence-electron chi connectivity index (χ4n) is 1.69. The molecule has 1 aromatic rings. The molecule has 8 heteroatoms. The number of rotatable bonds is 5. The molecule has 0 spiro atoms. The van der Waals surface area contributed by atoms with Gasteiger partial charge in [-0.1, -0.05) is 43.1 Å². The van der Waals surface area contributed by atoms with Crippen molar-refractivity contribution in [3.8, 4) is 0 Å². The second-order valence-electron chi connectivity index (χ2n) is 4.92. The fraction of sp³-hybridized carbons (Fsp3) is 0.357. The second-order valence-corrected chi connectivity index (χ2v) is 5.76. The number of halogens is 2. The highest BCUT2D eigenvalue weighted by atomic mass is 35.5. The molecule has 0 aliphatic heterocycles. The number of hydrogen-bond donors (Lipinski definition) is 2. The van der Waals surface area contributed by atoms with Crippen molar-refractivity contribution >= 4 is 41.1 Å². The van der Waals surface area contributed by atoms with Crippen molar-refractivity contribution in [3.05, 3.63) is 33.8 Å². The smallest absolute Gasteiger partial charge is 0.318 e. The summed E-state index contributed by atoms with van der Waals surface area (Å²) in [5.41, 5.74) is 5.40. The van der Waals surface area contributed by atoms with Crippen molar-refractivity contribution in [1.29, 1.82) is 0 Å². The molecule has 120 valence electrons. The van der Waals surface area contributed by atoms with Gasteiger partial charge >= 0.3 is 12.0 Å².